The molecule has 20 heavy (non-hydrogen) atoms. The zero-order valence-corrected chi connectivity index (χ0v) is 13.5. The van der Waals surface area contributed by atoms with Gasteiger partial charge in [0.05, 0.1) is 0 Å². The fourth-order valence-electron chi connectivity index (χ4n) is 2.08. The molecule has 0 saturated heterocycles. The summed E-state index contributed by atoms with van der Waals surface area (Å²) in [7, 11) is 1.96. The maximum absolute atomic E-state index is 12.7. The van der Waals surface area contributed by atoms with Gasteiger partial charge in [-0.2, -0.15) is 0 Å². The topological polar surface area (TPSA) is 62.5 Å². The van der Waals surface area contributed by atoms with Crippen molar-refractivity contribution in [3.63, 3.8) is 0 Å². The number of carbonyl (C=O) groups is 1. The van der Waals surface area contributed by atoms with Crippen molar-refractivity contribution in [1.82, 2.24) is 9.88 Å². The summed E-state index contributed by atoms with van der Waals surface area (Å²) in [6.45, 7) is 7.96. The molecule has 1 aromatic rings. The number of thiazole rings is 1. The highest BCUT2D eigenvalue weighted by atomic mass is 32.1. The van der Waals surface area contributed by atoms with Crippen LogP contribution in [-0.4, -0.2) is 42.0 Å². The molecule has 0 atom stereocenters. The van der Waals surface area contributed by atoms with Gasteiger partial charge in [-0.05, 0) is 25.7 Å². The molecular formula is C14H24N4OS. The Labute approximate surface area is 124 Å². The molecular weight excluding hydrogens is 272 g/mol. The fourth-order valence-corrected chi connectivity index (χ4v) is 3.05. The van der Waals surface area contributed by atoms with E-state index in [0.717, 1.165) is 31.1 Å². The first-order valence-corrected chi connectivity index (χ1v) is 8.04. The highest BCUT2D eigenvalue weighted by Gasteiger charge is 2.35. The average molecular weight is 296 g/mol. The van der Waals surface area contributed by atoms with Gasteiger partial charge in [-0.3, -0.25) is 4.79 Å². The summed E-state index contributed by atoms with van der Waals surface area (Å²) in [6.07, 6.45) is 2.22. The molecule has 0 unspecified atom stereocenters. The van der Waals surface area contributed by atoms with Crippen LogP contribution in [-0.2, 0) is 0 Å². The second kappa shape index (κ2) is 5.99. The van der Waals surface area contributed by atoms with E-state index < -0.39 is 0 Å². The summed E-state index contributed by atoms with van der Waals surface area (Å²) in [4.78, 5) is 21.6. The Morgan fingerprint density at radius 1 is 1.50 bits per heavy atom. The molecule has 2 rings (SSSR count). The Kier molecular flexibility index (Phi) is 4.52. The van der Waals surface area contributed by atoms with Crippen molar-refractivity contribution >= 4 is 28.2 Å². The first kappa shape index (κ1) is 15.1. The summed E-state index contributed by atoms with van der Waals surface area (Å²) in [5.74, 6) is 0.878. The van der Waals surface area contributed by atoms with Gasteiger partial charge in [-0.25, -0.2) is 4.98 Å². The molecule has 1 heterocycles. The van der Waals surface area contributed by atoms with E-state index in [9.17, 15) is 4.79 Å². The van der Waals surface area contributed by atoms with Crippen LogP contribution in [0.4, 0.5) is 10.9 Å². The summed E-state index contributed by atoms with van der Waals surface area (Å²) < 4.78 is 0. The summed E-state index contributed by atoms with van der Waals surface area (Å²) >= 11 is 1.40. The van der Waals surface area contributed by atoms with Gasteiger partial charge in [0.15, 0.2) is 5.13 Å². The van der Waals surface area contributed by atoms with E-state index in [1.54, 1.807) is 0 Å². The normalized spacial score (nSPS) is 14.7. The van der Waals surface area contributed by atoms with E-state index >= 15 is 0 Å². The first-order valence-electron chi connectivity index (χ1n) is 7.22. The van der Waals surface area contributed by atoms with Crippen molar-refractivity contribution in [2.75, 3.05) is 30.8 Å². The van der Waals surface area contributed by atoms with Gasteiger partial charge in [-0.15, -0.1) is 0 Å². The van der Waals surface area contributed by atoms with Crippen molar-refractivity contribution in [3.8, 4) is 0 Å². The smallest absolute Gasteiger partial charge is 0.268 e. The lowest BCUT2D eigenvalue weighted by atomic mass is 10.2. The molecule has 0 spiro atoms. The number of anilines is 2. The SMILES string of the molecule is CCN(C)c1nc(N)c(C(=O)N(CC(C)C)C2CC2)s1. The van der Waals surface area contributed by atoms with Crippen molar-refractivity contribution < 1.29 is 4.79 Å². The maximum Gasteiger partial charge on any atom is 0.268 e. The summed E-state index contributed by atoms with van der Waals surface area (Å²) in [5.41, 5.74) is 5.95. The molecule has 1 aliphatic carbocycles. The van der Waals surface area contributed by atoms with E-state index in [2.05, 4.69) is 18.8 Å². The quantitative estimate of drug-likeness (QED) is 0.876. The van der Waals surface area contributed by atoms with Crippen LogP contribution >= 0.6 is 11.3 Å². The lowest BCUT2D eigenvalue weighted by Crippen LogP contribution is -2.36. The Bertz CT molecular complexity index is 482. The Morgan fingerprint density at radius 2 is 2.15 bits per heavy atom. The summed E-state index contributed by atoms with van der Waals surface area (Å²) in [5, 5.41) is 0.814. The third kappa shape index (κ3) is 3.23. The number of aromatic nitrogens is 1. The fraction of sp³-hybridized carbons (Fsp3) is 0.714. The number of amides is 1. The van der Waals surface area contributed by atoms with E-state index in [1.807, 2.05) is 23.8 Å². The Balaban J connectivity index is 2.20. The standard InChI is InChI=1S/C14H24N4OS/c1-5-17(4)14-16-12(15)11(20-14)13(19)18(8-9(2)3)10-6-7-10/h9-10H,5-8,15H2,1-4H3. The van der Waals surface area contributed by atoms with Crippen LogP contribution in [0.5, 0.6) is 0 Å². The molecule has 1 aliphatic rings. The third-order valence-corrected chi connectivity index (χ3v) is 4.62. The van der Waals surface area contributed by atoms with Crippen LogP contribution < -0.4 is 10.6 Å². The lowest BCUT2D eigenvalue weighted by molar-refractivity contribution is 0.0728. The van der Waals surface area contributed by atoms with Crippen LogP contribution in [0.2, 0.25) is 0 Å². The van der Waals surface area contributed by atoms with Crippen LogP contribution in [0.25, 0.3) is 0 Å². The van der Waals surface area contributed by atoms with Gasteiger partial charge in [-0.1, -0.05) is 25.2 Å². The third-order valence-electron chi connectivity index (χ3n) is 3.45. The molecule has 1 amide bonds. The molecule has 2 N–H and O–H groups in total. The maximum atomic E-state index is 12.7. The van der Waals surface area contributed by atoms with Crippen LogP contribution in [0, 0.1) is 5.92 Å². The minimum atomic E-state index is 0.0481. The number of hydrogen-bond donors (Lipinski definition) is 1. The van der Waals surface area contributed by atoms with Gasteiger partial charge < -0.3 is 15.5 Å². The van der Waals surface area contributed by atoms with Crippen molar-refractivity contribution in [3.05, 3.63) is 4.88 Å². The molecule has 1 aromatic heterocycles. The largest absolute Gasteiger partial charge is 0.382 e. The highest BCUT2D eigenvalue weighted by molar-refractivity contribution is 7.18. The van der Waals surface area contributed by atoms with Crippen molar-refractivity contribution in [2.24, 2.45) is 5.92 Å². The van der Waals surface area contributed by atoms with Crippen LogP contribution in [0.3, 0.4) is 0 Å². The van der Waals surface area contributed by atoms with E-state index in [0.29, 0.717) is 22.7 Å². The molecule has 0 bridgehead atoms. The number of nitrogen functional groups attached to an aromatic ring is 1. The Morgan fingerprint density at radius 3 is 2.65 bits per heavy atom. The number of nitrogens with zero attached hydrogens (tertiary/aromatic N) is 3. The van der Waals surface area contributed by atoms with Crippen LogP contribution in [0.15, 0.2) is 0 Å². The molecule has 5 nitrogen and oxygen atoms in total. The van der Waals surface area contributed by atoms with Crippen LogP contribution in [0.1, 0.15) is 43.3 Å². The first-order chi connectivity index (χ1) is 9.43. The van der Waals surface area contributed by atoms with E-state index in [1.165, 1.54) is 11.3 Å². The van der Waals surface area contributed by atoms with Crippen molar-refractivity contribution in [2.45, 2.75) is 39.7 Å². The minimum Gasteiger partial charge on any atom is -0.382 e. The molecule has 1 saturated carbocycles. The lowest BCUT2D eigenvalue weighted by Gasteiger charge is -2.23. The van der Waals surface area contributed by atoms with Gasteiger partial charge in [0.1, 0.15) is 10.7 Å². The van der Waals surface area contributed by atoms with Gasteiger partial charge in [0, 0.05) is 26.2 Å². The number of nitrogens with two attached hydrogens (primary N) is 1. The van der Waals surface area contributed by atoms with Gasteiger partial charge >= 0.3 is 0 Å². The monoisotopic (exact) mass is 296 g/mol. The number of hydrogen-bond acceptors (Lipinski definition) is 5. The zero-order chi connectivity index (χ0) is 14.9. The second-order valence-corrected chi connectivity index (χ2v) is 6.79. The van der Waals surface area contributed by atoms with E-state index in [4.69, 9.17) is 5.73 Å². The number of carbonyl (C=O) groups excluding carboxylic acids is 1. The predicted molar refractivity (Wildman–Crippen MR) is 84.4 cm³/mol. The molecule has 6 heteroatoms. The highest BCUT2D eigenvalue weighted by Crippen LogP contribution is 2.33. The second-order valence-electron chi connectivity index (χ2n) is 5.81. The molecule has 0 aromatic carbocycles. The Hall–Kier alpha value is -1.30. The number of rotatable bonds is 6. The minimum absolute atomic E-state index is 0.0481. The molecule has 1 fully saturated rings. The average Bonchev–Trinajstić information content (AvgIpc) is 3.16. The van der Waals surface area contributed by atoms with E-state index in [-0.39, 0.29) is 5.91 Å². The zero-order valence-electron chi connectivity index (χ0n) is 12.7. The van der Waals surface area contributed by atoms with Crippen molar-refractivity contribution in [1.29, 1.82) is 0 Å². The summed E-state index contributed by atoms with van der Waals surface area (Å²) in [6, 6.07) is 0.402. The molecule has 0 aliphatic heterocycles. The molecule has 112 valence electrons. The van der Waals surface area contributed by atoms with Gasteiger partial charge in [0.25, 0.3) is 5.91 Å². The predicted octanol–water partition coefficient (Wildman–Crippen LogP) is 2.44. The van der Waals surface area contributed by atoms with Gasteiger partial charge in [0.2, 0.25) is 0 Å². The molecule has 0 radical (unpaired) electrons.